The van der Waals surface area contributed by atoms with Crippen molar-refractivity contribution in [2.75, 3.05) is 13.9 Å². The predicted molar refractivity (Wildman–Crippen MR) is 132 cm³/mol. The van der Waals surface area contributed by atoms with E-state index in [1.54, 1.807) is 7.11 Å². The van der Waals surface area contributed by atoms with Gasteiger partial charge in [0.15, 0.2) is 0 Å². The van der Waals surface area contributed by atoms with Gasteiger partial charge in [0.2, 0.25) is 8.32 Å². The molecule has 0 aromatic rings. The summed E-state index contributed by atoms with van der Waals surface area (Å²) in [6.07, 6.45) is 11.8. The van der Waals surface area contributed by atoms with Gasteiger partial charge < -0.3 is 13.9 Å². The average Bonchev–Trinajstić information content (AvgIpc) is 2.64. The van der Waals surface area contributed by atoms with E-state index in [9.17, 15) is 0 Å². The zero-order chi connectivity index (χ0) is 23.2. The number of allylic oxidation sites excluding steroid dienone is 4. The van der Waals surface area contributed by atoms with E-state index in [0.717, 1.165) is 25.7 Å². The van der Waals surface area contributed by atoms with Crippen molar-refractivity contribution < 1.29 is 13.9 Å². The van der Waals surface area contributed by atoms with E-state index >= 15 is 0 Å². The first-order valence-corrected chi connectivity index (χ1v) is 15.0. The average molecular weight is 447 g/mol. The molecule has 0 heterocycles. The summed E-state index contributed by atoms with van der Waals surface area (Å²) in [5, 5.41) is 0.193. The van der Waals surface area contributed by atoms with Crippen LogP contribution < -0.4 is 0 Å². The number of hydrogen-bond acceptors (Lipinski definition) is 3. The van der Waals surface area contributed by atoms with Crippen molar-refractivity contribution >= 4 is 8.32 Å². The second-order valence-electron chi connectivity index (χ2n) is 12.5. The maximum Gasteiger partial charge on any atom is 0.250 e. The molecule has 2 bridgehead atoms. The smallest absolute Gasteiger partial charge is 0.250 e. The molecule has 0 amide bonds. The first kappa shape index (κ1) is 24.8. The van der Waals surface area contributed by atoms with Crippen molar-refractivity contribution in [3.63, 3.8) is 0 Å². The Labute approximate surface area is 192 Å². The van der Waals surface area contributed by atoms with Crippen molar-refractivity contribution in [3.8, 4) is 0 Å². The Morgan fingerprint density at radius 2 is 1.84 bits per heavy atom. The summed E-state index contributed by atoms with van der Waals surface area (Å²) >= 11 is 0. The summed E-state index contributed by atoms with van der Waals surface area (Å²) < 4.78 is 18.2. The molecule has 1 saturated carbocycles. The van der Waals surface area contributed by atoms with Crippen molar-refractivity contribution in [1.82, 2.24) is 0 Å². The van der Waals surface area contributed by atoms with Gasteiger partial charge in [-0.05, 0) is 78.1 Å². The third kappa shape index (κ3) is 4.63. The third-order valence-corrected chi connectivity index (χ3v) is 13.5. The quantitative estimate of drug-likeness (QED) is 0.249. The maximum absolute atomic E-state index is 7.00. The van der Waals surface area contributed by atoms with Crippen molar-refractivity contribution in [1.29, 1.82) is 0 Å². The molecule has 4 heteroatoms. The topological polar surface area (TPSA) is 27.7 Å². The van der Waals surface area contributed by atoms with Crippen LogP contribution in [0.5, 0.6) is 0 Å². The van der Waals surface area contributed by atoms with Gasteiger partial charge in [0.1, 0.15) is 6.79 Å². The van der Waals surface area contributed by atoms with Crippen LogP contribution in [0.15, 0.2) is 36.1 Å². The van der Waals surface area contributed by atoms with Crippen molar-refractivity contribution in [2.24, 2.45) is 28.6 Å². The number of fused-ring (bicyclic) bond motifs is 3. The molecule has 3 aliphatic rings. The van der Waals surface area contributed by atoms with Gasteiger partial charge in [0, 0.05) is 13.0 Å². The molecular formula is C27H46O3Si. The molecule has 1 fully saturated rings. The lowest BCUT2D eigenvalue weighted by atomic mass is 9.54. The standard InChI is InChI=1S/C27H46O3Si/c1-19-21-17-22-24(30-31(9,10)25(2,3)4)12-11-20(26(22,5)6)13-15-27(21,7)16-14-23(19)29-18-28-8/h12-13,15,20-23H,1,11,14,16-18H2,2-10H3/b15-13+/t20-,21-,22-,23+,27-/m1/s1. The number of methoxy groups -OCH3 is 1. The highest BCUT2D eigenvalue weighted by atomic mass is 28.4. The molecule has 176 valence electrons. The highest BCUT2D eigenvalue weighted by molar-refractivity contribution is 6.74. The van der Waals surface area contributed by atoms with Crippen LogP contribution in [-0.2, 0) is 13.9 Å². The van der Waals surface area contributed by atoms with Gasteiger partial charge in [-0.2, -0.15) is 0 Å². The molecule has 0 aromatic carbocycles. The second kappa shape index (κ2) is 8.50. The molecule has 0 aliphatic heterocycles. The van der Waals surface area contributed by atoms with Crippen LogP contribution in [0.2, 0.25) is 18.1 Å². The first-order valence-electron chi connectivity index (χ1n) is 12.1. The lowest BCUT2D eigenvalue weighted by molar-refractivity contribution is -0.0791. The van der Waals surface area contributed by atoms with E-state index in [1.807, 2.05) is 0 Å². The summed E-state index contributed by atoms with van der Waals surface area (Å²) in [4.78, 5) is 0. The van der Waals surface area contributed by atoms with Crippen LogP contribution in [-0.4, -0.2) is 28.3 Å². The van der Waals surface area contributed by atoms with Gasteiger partial charge >= 0.3 is 0 Å². The fourth-order valence-electron chi connectivity index (χ4n) is 5.60. The summed E-state index contributed by atoms with van der Waals surface area (Å²) in [7, 11) is -0.211. The van der Waals surface area contributed by atoms with E-state index in [1.165, 1.54) is 11.3 Å². The Balaban J connectivity index is 1.97. The van der Waals surface area contributed by atoms with Crippen molar-refractivity contribution in [2.45, 2.75) is 91.5 Å². The van der Waals surface area contributed by atoms with Gasteiger partial charge in [0.25, 0.3) is 0 Å². The summed E-state index contributed by atoms with van der Waals surface area (Å²) in [6.45, 7) is 24.0. The predicted octanol–water partition coefficient (Wildman–Crippen LogP) is 7.48. The van der Waals surface area contributed by atoms with Crippen molar-refractivity contribution in [3.05, 3.63) is 36.1 Å². The molecular weight excluding hydrogens is 400 g/mol. The molecule has 3 rings (SSSR count). The number of rotatable bonds is 5. The molecule has 0 saturated heterocycles. The lowest BCUT2D eigenvalue weighted by Crippen LogP contribution is -2.48. The largest absolute Gasteiger partial charge is 0.547 e. The molecule has 3 nitrogen and oxygen atoms in total. The molecule has 0 unspecified atom stereocenters. The van der Waals surface area contributed by atoms with Gasteiger partial charge in [0.05, 0.1) is 11.9 Å². The van der Waals surface area contributed by atoms with E-state index in [4.69, 9.17) is 13.9 Å². The maximum atomic E-state index is 7.00. The minimum absolute atomic E-state index is 0.0853. The molecule has 0 aromatic heterocycles. The Morgan fingerprint density at radius 3 is 2.45 bits per heavy atom. The molecule has 5 atom stereocenters. The molecule has 0 spiro atoms. The molecule has 0 radical (unpaired) electrons. The zero-order valence-corrected chi connectivity index (χ0v) is 22.5. The second-order valence-corrected chi connectivity index (χ2v) is 17.2. The van der Waals surface area contributed by atoms with E-state index in [0.29, 0.717) is 24.5 Å². The monoisotopic (exact) mass is 446 g/mol. The van der Waals surface area contributed by atoms with Crippen LogP contribution in [0.4, 0.5) is 0 Å². The zero-order valence-electron chi connectivity index (χ0n) is 21.5. The SMILES string of the molecule is C=C1[C@@H](OCOC)CC[C@@]2(C)/C=C/[C@H]3CC=C(O[Si](C)(C)C(C)(C)C)[C@@H](C[C@H]12)C3(C)C. The molecule has 3 aliphatic carbocycles. The van der Waals surface area contributed by atoms with Gasteiger partial charge in [-0.1, -0.05) is 60.3 Å². The summed E-state index contributed by atoms with van der Waals surface area (Å²) in [6, 6.07) is 0. The Bertz CT molecular complexity index is 742. The number of hydrogen-bond donors (Lipinski definition) is 0. The Hall–Kier alpha value is -0.843. The minimum atomic E-state index is -1.90. The van der Waals surface area contributed by atoms with Crippen LogP contribution in [0.3, 0.4) is 0 Å². The van der Waals surface area contributed by atoms with Crippen LogP contribution in [0, 0.1) is 28.6 Å². The van der Waals surface area contributed by atoms with E-state index in [2.05, 4.69) is 79.4 Å². The van der Waals surface area contributed by atoms with Crippen LogP contribution in [0.25, 0.3) is 0 Å². The first-order chi connectivity index (χ1) is 14.2. The third-order valence-electron chi connectivity index (χ3n) is 9.12. The normalized spacial score (nSPS) is 36.7. The Kier molecular flexibility index (Phi) is 6.80. The summed E-state index contributed by atoms with van der Waals surface area (Å²) in [5.41, 5.74) is 1.53. The highest BCUT2D eigenvalue weighted by Crippen LogP contribution is 2.57. The van der Waals surface area contributed by atoms with Crippen LogP contribution >= 0.6 is 0 Å². The summed E-state index contributed by atoms with van der Waals surface area (Å²) in [5.74, 6) is 2.58. The van der Waals surface area contributed by atoms with Crippen LogP contribution in [0.1, 0.15) is 67.2 Å². The Morgan fingerprint density at radius 1 is 1.16 bits per heavy atom. The minimum Gasteiger partial charge on any atom is -0.547 e. The fraction of sp³-hybridized carbons (Fsp3) is 0.778. The van der Waals surface area contributed by atoms with Gasteiger partial charge in [-0.15, -0.1) is 0 Å². The molecule has 0 N–H and O–H groups in total. The molecule has 31 heavy (non-hydrogen) atoms. The fourth-order valence-corrected chi connectivity index (χ4v) is 6.72. The highest BCUT2D eigenvalue weighted by Gasteiger charge is 2.51. The van der Waals surface area contributed by atoms with E-state index < -0.39 is 8.32 Å². The van der Waals surface area contributed by atoms with Gasteiger partial charge in [-0.3, -0.25) is 0 Å². The van der Waals surface area contributed by atoms with E-state index in [-0.39, 0.29) is 22.0 Å². The number of ether oxygens (including phenoxy) is 2. The van der Waals surface area contributed by atoms with Gasteiger partial charge in [-0.25, -0.2) is 0 Å². The lowest BCUT2D eigenvalue weighted by Gasteiger charge is -2.53.